The Hall–Kier alpha value is -1.39. The summed E-state index contributed by atoms with van der Waals surface area (Å²) in [5, 5.41) is 3.13. The lowest BCUT2D eigenvalue weighted by atomic mass is 10.0. The van der Waals surface area contributed by atoms with Gasteiger partial charge in [0.15, 0.2) is 0 Å². The molecule has 1 fully saturated rings. The monoisotopic (exact) mass is 274 g/mol. The number of carbonyl (C=O) groups excluding carboxylic acids is 1. The van der Waals surface area contributed by atoms with E-state index >= 15 is 0 Å². The molecule has 1 aliphatic rings. The van der Waals surface area contributed by atoms with E-state index in [1.54, 1.807) is 12.1 Å². The van der Waals surface area contributed by atoms with Crippen molar-refractivity contribution in [3.8, 4) is 0 Å². The summed E-state index contributed by atoms with van der Waals surface area (Å²) in [6.45, 7) is 4.35. The van der Waals surface area contributed by atoms with Crippen LogP contribution >= 0.6 is 0 Å². The van der Waals surface area contributed by atoms with Crippen molar-refractivity contribution < 1.29 is 4.79 Å². The van der Waals surface area contributed by atoms with Gasteiger partial charge in [0.1, 0.15) is 0 Å². The van der Waals surface area contributed by atoms with Gasteiger partial charge in [-0.3, -0.25) is 4.79 Å². The van der Waals surface area contributed by atoms with Crippen LogP contribution < -0.4 is 5.32 Å². The van der Waals surface area contributed by atoms with Gasteiger partial charge in [-0.05, 0) is 45.1 Å². The van der Waals surface area contributed by atoms with Gasteiger partial charge in [-0.2, -0.15) is 0 Å². The lowest BCUT2D eigenvalue weighted by Gasteiger charge is -2.32. The average molecular weight is 274 g/mol. The number of rotatable bonds is 5. The molecule has 1 radical (unpaired) electrons. The first kappa shape index (κ1) is 15.0. The van der Waals surface area contributed by atoms with E-state index in [1.165, 1.54) is 0 Å². The van der Waals surface area contributed by atoms with Crippen molar-refractivity contribution in [3.05, 3.63) is 35.9 Å². The average Bonchev–Trinajstić information content (AvgIpc) is 2.47. The number of nitrogens with zero attached hydrogens (tertiary/aromatic N) is 2. The zero-order valence-electron chi connectivity index (χ0n) is 12.4. The zero-order valence-corrected chi connectivity index (χ0v) is 12.4. The summed E-state index contributed by atoms with van der Waals surface area (Å²) >= 11 is 0. The van der Waals surface area contributed by atoms with Gasteiger partial charge < -0.3 is 15.1 Å². The number of likely N-dealkylation sites (tertiary alicyclic amines) is 1. The predicted octanol–water partition coefficient (Wildman–Crippen LogP) is 1.24. The highest BCUT2D eigenvalue weighted by Crippen LogP contribution is 2.11. The predicted molar refractivity (Wildman–Crippen MR) is 80.8 cm³/mol. The summed E-state index contributed by atoms with van der Waals surface area (Å²) in [4.78, 5) is 16.7. The van der Waals surface area contributed by atoms with Gasteiger partial charge in [0.2, 0.25) is 0 Å². The Balaban J connectivity index is 1.73. The van der Waals surface area contributed by atoms with Crippen LogP contribution in [-0.4, -0.2) is 62.0 Å². The molecular weight excluding hydrogens is 250 g/mol. The molecule has 0 atom stereocenters. The van der Waals surface area contributed by atoms with Crippen molar-refractivity contribution in [1.29, 1.82) is 0 Å². The third kappa shape index (κ3) is 4.62. The first-order chi connectivity index (χ1) is 9.65. The van der Waals surface area contributed by atoms with E-state index in [1.807, 2.05) is 12.1 Å². The summed E-state index contributed by atoms with van der Waals surface area (Å²) in [6.07, 6.45) is 2.08. The number of hydrogen-bond donors (Lipinski definition) is 1. The second-order valence-electron chi connectivity index (χ2n) is 5.68. The Labute approximate surface area is 121 Å². The summed E-state index contributed by atoms with van der Waals surface area (Å²) in [7, 11) is 4.20. The summed E-state index contributed by atoms with van der Waals surface area (Å²) < 4.78 is 0. The fraction of sp³-hybridized carbons (Fsp3) is 0.562. The standard InChI is InChI=1S/C16H24N3O/c1-18(2)12-13-19-10-8-15(9-11-19)17-16(20)14-6-4-3-5-7-14/h4-7,15H,8-13H2,1-2H3,(H,17,20). The van der Waals surface area contributed by atoms with Crippen molar-refractivity contribution in [3.63, 3.8) is 0 Å². The topological polar surface area (TPSA) is 35.6 Å². The lowest BCUT2D eigenvalue weighted by molar-refractivity contribution is 0.0909. The number of piperidine rings is 1. The van der Waals surface area contributed by atoms with E-state index in [9.17, 15) is 4.79 Å². The smallest absolute Gasteiger partial charge is 0.251 e. The van der Waals surface area contributed by atoms with Crippen molar-refractivity contribution in [2.75, 3.05) is 40.3 Å². The highest BCUT2D eigenvalue weighted by atomic mass is 16.1. The lowest BCUT2D eigenvalue weighted by Crippen LogP contribution is -2.46. The molecule has 0 aliphatic carbocycles. The van der Waals surface area contributed by atoms with Crippen LogP contribution in [0.5, 0.6) is 0 Å². The number of carbonyl (C=O) groups is 1. The maximum absolute atomic E-state index is 12.1. The van der Waals surface area contributed by atoms with E-state index in [2.05, 4.69) is 35.3 Å². The molecule has 0 aromatic heterocycles. The second kappa shape index (κ2) is 7.41. The van der Waals surface area contributed by atoms with Crippen LogP contribution in [0.25, 0.3) is 0 Å². The van der Waals surface area contributed by atoms with Crippen LogP contribution in [0.3, 0.4) is 0 Å². The van der Waals surface area contributed by atoms with Gasteiger partial charge >= 0.3 is 0 Å². The van der Waals surface area contributed by atoms with Crippen LogP contribution in [0.1, 0.15) is 23.2 Å². The van der Waals surface area contributed by atoms with Crippen LogP contribution in [-0.2, 0) is 0 Å². The molecule has 1 amide bonds. The Morgan fingerprint density at radius 1 is 1.35 bits per heavy atom. The Morgan fingerprint density at radius 2 is 2.00 bits per heavy atom. The Morgan fingerprint density at radius 3 is 2.60 bits per heavy atom. The van der Waals surface area contributed by atoms with Crippen LogP contribution in [0.4, 0.5) is 0 Å². The maximum atomic E-state index is 12.1. The number of amides is 1. The van der Waals surface area contributed by atoms with Crippen LogP contribution in [0.2, 0.25) is 0 Å². The van der Waals surface area contributed by atoms with E-state index in [4.69, 9.17) is 0 Å². The highest BCUT2D eigenvalue weighted by Gasteiger charge is 2.20. The maximum Gasteiger partial charge on any atom is 0.251 e. The Bertz CT molecular complexity index is 411. The molecule has 2 rings (SSSR count). The van der Waals surface area contributed by atoms with Gasteiger partial charge in [0.25, 0.3) is 5.91 Å². The normalized spacial score (nSPS) is 17.4. The largest absolute Gasteiger partial charge is 0.349 e. The van der Waals surface area contributed by atoms with Crippen LogP contribution in [0, 0.1) is 6.07 Å². The SMILES string of the molecule is CN(C)CCN1CCC(NC(=O)c2cc[c]cc2)CC1. The van der Waals surface area contributed by atoms with E-state index in [-0.39, 0.29) is 5.91 Å². The van der Waals surface area contributed by atoms with E-state index < -0.39 is 0 Å². The zero-order chi connectivity index (χ0) is 14.4. The molecule has 1 N–H and O–H groups in total. The molecule has 4 nitrogen and oxygen atoms in total. The van der Waals surface area contributed by atoms with Gasteiger partial charge in [0, 0.05) is 37.8 Å². The molecule has 20 heavy (non-hydrogen) atoms. The quantitative estimate of drug-likeness (QED) is 0.877. The molecule has 0 spiro atoms. The second-order valence-corrected chi connectivity index (χ2v) is 5.68. The molecule has 0 unspecified atom stereocenters. The molecule has 1 heterocycles. The number of benzene rings is 1. The molecule has 1 aromatic carbocycles. The Kier molecular flexibility index (Phi) is 5.56. The van der Waals surface area contributed by atoms with E-state index in [0.29, 0.717) is 6.04 Å². The first-order valence-electron chi connectivity index (χ1n) is 7.29. The number of nitrogens with one attached hydrogen (secondary N) is 1. The van der Waals surface area contributed by atoms with Gasteiger partial charge in [0.05, 0.1) is 0 Å². The summed E-state index contributed by atoms with van der Waals surface area (Å²) in [5.41, 5.74) is 0.721. The molecule has 109 valence electrons. The van der Waals surface area contributed by atoms with Gasteiger partial charge in [-0.1, -0.05) is 12.1 Å². The number of hydrogen-bond acceptors (Lipinski definition) is 3. The molecule has 0 saturated carbocycles. The van der Waals surface area contributed by atoms with Crippen molar-refractivity contribution >= 4 is 5.91 Å². The highest BCUT2D eigenvalue weighted by molar-refractivity contribution is 5.94. The molecule has 1 aliphatic heterocycles. The number of likely N-dealkylation sites (N-methyl/N-ethyl adjacent to an activating group) is 1. The summed E-state index contributed by atoms with van der Waals surface area (Å²) in [5.74, 6) is 0.0331. The first-order valence-corrected chi connectivity index (χ1v) is 7.29. The summed E-state index contributed by atoms with van der Waals surface area (Å²) in [6, 6.07) is 10.4. The third-order valence-electron chi connectivity index (χ3n) is 3.77. The molecule has 0 bridgehead atoms. The molecule has 1 saturated heterocycles. The molecule has 4 heteroatoms. The molecule has 1 aromatic rings. The minimum Gasteiger partial charge on any atom is -0.349 e. The van der Waals surface area contributed by atoms with E-state index in [0.717, 1.165) is 44.6 Å². The third-order valence-corrected chi connectivity index (χ3v) is 3.77. The van der Waals surface area contributed by atoms with Crippen molar-refractivity contribution in [1.82, 2.24) is 15.1 Å². The van der Waals surface area contributed by atoms with Gasteiger partial charge in [-0.15, -0.1) is 0 Å². The fourth-order valence-electron chi connectivity index (χ4n) is 2.45. The molecular formula is C16H24N3O. The minimum atomic E-state index is 0.0331. The minimum absolute atomic E-state index is 0.0331. The van der Waals surface area contributed by atoms with Gasteiger partial charge in [-0.25, -0.2) is 0 Å². The van der Waals surface area contributed by atoms with Crippen molar-refractivity contribution in [2.45, 2.75) is 18.9 Å². The van der Waals surface area contributed by atoms with Crippen molar-refractivity contribution in [2.24, 2.45) is 0 Å². The fourth-order valence-corrected chi connectivity index (χ4v) is 2.45. The van der Waals surface area contributed by atoms with Crippen LogP contribution in [0.15, 0.2) is 24.3 Å².